The zero-order valence-electron chi connectivity index (χ0n) is 11.7. The van der Waals surface area contributed by atoms with Crippen molar-refractivity contribution in [3.63, 3.8) is 0 Å². The number of halogens is 2. The third kappa shape index (κ3) is 3.22. The molecule has 0 aliphatic rings. The topological polar surface area (TPSA) is 51.0 Å². The molecule has 2 unspecified atom stereocenters. The highest BCUT2D eigenvalue weighted by Gasteiger charge is 2.23. The summed E-state index contributed by atoms with van der Waals surface area (Å²) in [5.41, 5.74) is 0.878. The Bertz CT molecular complexity index is 588. The second kappa shape index (κ2) is 6.70. The van der Waals surface area contributed by atoms with E-state index >= 15 is 0 Å². The Kier molecular flexibility index (Phi) is 5.18. The lowest BCUT2D eigenvalue weighted by Gasteiger charge is -2.17. The summed E-state index contributed by atoms with van der Waals surface area (Å²) in [5.74, 6) is 1.45. The minimum atomic E-state index is 0.206. The zero-order chi connectivity index (χ0) is 14.7. The molecule has 20 heavy (non-hydrogen) atoms. The summed E-state index contributed by atoms with van der Waals surface area (Å²) in [6.45, 7) is 4.22. The molecule has 0 bridgehead atoms. The molecule has 0 amide bonds. The van der Waals surface area contributed by atoms with Crippen LogP contribution in [0.25, 0.3) is 11.4 Å². The SMILES string of the molecule is CCC(c1nc(-c2ccc(Cl)c(Br)c2)no1)C(C)NC. The average molecular weight is 359 g/mol. The van der Waals surface area contributed by atoms with Crippen molar-refractivity contribution >= 4 is 27.5 Å². The maximum atomic E-state index is 5.99. The summed E-state index contributed by atoms with van der Waals surface area (Å²) in [7, 11) is 1.93. The molecule has 0 saturated carbocycles. The summed E-state index contributed by atoms with van der Waals surface area (Å²) in [6.07, 6.45) is 0.938. The van der Waals surface area contributed by atoms with Crippen LogP contribution in [0, 0.1) is 0 Å². The number of hydrogen-bond acceptors (Lipinski definition) is 4. The first kappa shape index (κ1) is 15.5. The molecule has 6 heteroatoms. The Hall–Kier alpha value is -0.910. The van der Waals surface area contributed by atoms with Gasteiger partial charge in [0.05, 0.1) is 10.9 Å². The van der Waals surface area contributed by atoms with Crippen LogP contribution in [-0.4, -0.2) is 23.2 Å². The minimum Gasteiger partial charge on any atom is -0.339 e. The van der Waals surface area contributed by atoms with Gasteiger partial charge in [0.2, 0.25) is 11.7 Å². The fraction of sp³-hybridized carbons (Fsp3) is 0.429. The summed E-state index contributed by atoms with van der Waals surface area (Å²) >= 11 is 9.39. The van der Waals surface area contributed by atoms with Gasteiger partial charge in [0.15, 0.2) is 0 Å². The van der Waals surface area contributed by atoms with E-state index in [1.165, 1.54) is 0 Å². The monoisotopic (exact) mass is 357 g/mol. The van der Waals surface area contributed by atoms with Crippen molar-refractivity contribution in [1.29, 1.82) is 0 Å². The molecule has 0 aliphatic heterocycles. The summed E-state index contributed by atoms with van der Waals surface area (Å²) in [6, 6.07) is 5.86. The summed E-state index contributed by atoms with van der Waals surface area (Å²) in [4.78, 5) is 4.51. The second-order valence-corrected chi connectivity index (χ2v) is 5.94. The number of benzene rings is 1. The maximum absolute atomic E-state index is 5.99. The van der Waals surface area contributed by atoms with E-state index in [0.29, 0.717) is 16.7 Å². The lowest BCUT2D eigenvalue weighted by atomic mass is 9.98. The molecular formula is C14H17BrClN3O. The van der Waals surface area contributed by atoms with E-state index < -0.39 is 0 Å². The van der Waals surface area contributed by atoms with Gasteiger partial charge >= 0.3 is 0 Å². The first-order valence-electron chi connectivity index (χ1n) is 6.53. The van der Waals surface area contributed by atoms with Crippen molar-refractivity contribution in [3.8, 4) is 11.4 Å². The predicted octanol–water partition coefficient (Wildman–Crippen LogP) is 4.25. The largest absolute Gasteiger partial charge is 0.339 e. The van der Waals surface area contributed by atoms with E-state index in [-0.39, 0.29) is 12.0 Å². The van der Waals surface area contributed by atoms with Gasteiger partial charge < -0.3 is 9.84 Å². The van der Waals surface area contributed by atoms with E-state index in [2.05, 4.69) is 45.2 Å². The Morgan fingerprint density at radius 1 is 1.45 bits per heavy atom. The van der Waals surface area contributed by atoms with Crippen molar-refractivity contribution in [1.82, 2.24) is 15.5 Å². The van der Waals surface area contributed by atoms with Crippen LogP contribution in [0.15, 0.2) is 27.2 Å². The molecule has 1 N–H and O–H groups in total. The standard InChI is InChI=1S/C14H17BrClN3O/c1-4-10(8(2)17-3)14-18-13(19-20-14)9-5-6-12(16)11(15)7-9/h5-8,10,17H,4H2,1-3H3. The fourth-order valence-corrected chi connectivity index (χ4v) is 2.58. The third-order valence-electron chi connectivity index (χ3n) is 3.44. The van der Waals surface area contributed by atoms with Crippen molar-refractivity contribution in [2.45, 2.75) is 32.2 Å². The molecule has 108 valence electrons. The third-order valence-corrected chi connectivity index (χ3v) is 4.65. The van der Waals surface area contributed by atoms with Gasteiger partial charge in [-0.1, -0.05) is 23.7 Å². The van der Waals surface area contributed by atoms with Gasteiger partial charge in [-0.2, -0.15) is 4.98 Å². The molecule has 1 aromatic heterocycles. The normalized spacial score (nSPS) is 14.2. The lowest BCUT2D eigenvalue weighted by molar-refractivity contribution is 0.322. The number of aromatic nitrogens is 2. The van der Waals surface area contributed by atoms with Crippen LogP contribution in [0.2, 0.25) is 5.02 Å². The van der Waals surface area contributed by atoms with Crippen LogP contribution < -0.4 is 5.32 Å². The molecule has 0 spiro atoms. The Labute approximate surface area is 132 Å². The van der Waals surface area contributed by atoms with Crippen LogP contribution in [-0.2, 0) is 0 Å². The molecule has 1 heterocycles. The number of likely N-dealkylation sites (N-methyl/N-ethyl adjacent to an activating group) is 1. The zero-order valence-corrected chi connectivity index (χ0v) is 14.0. The van der Waals surface area contributed by atoms with Crippen LogP contribution in [0.1, 0.15) is 32.1 Å². The summed E-state index contributed by atoms with van der Waals surface area (Å²) in [5, 5.41) is 7.95. The maximum Gasteiger partial charge on any atom is 0.231 e. The minimum absolute atomic E-state index is 0.206. The molecule has 0 aliphatic carbocycles. The molecule has 0 saturated heterocycles. The smallest absolute Gasteiger partial charge is 0.231 e. The van der Waals surface area contributed by atoms with Crippen molar-refractivity contribution < 1.29 is 4.52 Å². The molecular weight excluding hydrogens is 342 g/mol. The van der Waals surface area contributed by atoms with Crippen molar-refractivity contribution in [2.75, 3.05) is 7.05 Å². The van der Waals surface area contributed by atoms with Crippen LogP contribution in [0.4, 0.5) is 0 Å². The van der Waals surface area contributed by atoms with E-state index in [4.69, 9.17) is 16.1 Å². The molecule has 1 aromatic carbocycles. The highest BCUT2D eigenvalue weighted by molar-refractivity contribution is 9.10. The molecule has 4 nitrogen and oxygen atoms in total. The van der Waals surface area contributed by atoms with Gasteiger partial charge in [0, 0.05) is 16.1 Å². The van der Waals surface area contributed by atoms with Gasteiger partial charge in [-0.25, -0.2) is 0 Å². The number of rotatable bonds is 5. The Balaban J connectivity index is 2.30. The van der Waals surface area contributed by atoms with E-state index in [1.807, 2.05) is 25.2 Å². The van der Waals surface area contributed by atoms with Crippen molar-refractivity contribution in [2.24, 2.45) is 0 Å². The number of nitrogens with one attached hydrogen (secondary N) is 1. The first-order chi connectivity index (χ1) is 9.56. The highest BCUT2D eigenvalue weighted by Crippen LogP contribution is 2.29. The molecule has 0 radical (unpaired) electrons. The highest BCUT2D eigenvalue weighted by atomic mass is 79.9. The van der Waals surface area contributed by atoms with Crippen LogP contribution >= 0.6 is 27.5 Å². The van der Waals surface area contributed by atoms with Crippen molar-refractivity contribution in [3.05, 3.63) is 33.6 Å². The van der Waals surface area contributed by atoms with Gasteiger partial charge in [0.25, 0.3) is 0 Å². The Morgan fingerprint density at radius 3 is 2.80 bits per heavy atom. The predicted molar refractivity (Wildman–Crippen MR) is 84.0 cm³/mol. The van der Waals surface area contributed by atoms with E-state index in [0.717, 1.165) is 16.5 Å². The quantitative estimate of drug-likeness (QED) is 0.868. The van der Waals surface area contributed by atoms with Gasteiger partial charge in [-0.3, -0.25) is 0 Å². The molecule has 2 rings (SSSR count). The Morgan fingerprint density at radius 2 is 2.20 bits per heavy atom. The molecule has 0 fully saturated rings. The molecule has 2 atom stereocenters. The molecule has 2 aromatic rings. The van der Waals surface area contributed by atoms with Gasteiger partial charge in [-0.05, 0) is 54.5 Å². The van der Waals surface area contributed by atoms with Crippen LogP contribution in [0.3, 0.4) is 0 Å². The number of nitrogens with zero attached hydrogens (tertiary/aromatic N) is 2. The summed E-state index contributed by atoms with van der Waals surface area (Å²) < 4.78 is 6.23. The number of hydrogen-bond donors (Lipinski definition) is 1. The second-order valence-electron chi connectivity index (χ2n) is 4.68. The van der Waals surface area contributed by atoms with E-state index in [9.17, 15) is 0 Å². The van der Waals surface area contributed by atoms with Gasteiger partial charge in [-0.15, -0.1) is 0 Å². The lowest BCUT2D eigenvalue weighted by Crippen LogP contribution is -2.28. The van der Waals surface area contributed by atoms with Crippen LogP contribution in [0.5, 0.6) is 0 Å². The first-order valence-corrected chi connectivity index (χ1v) is 7.70. The van der Waals surface area contributed by atoms with Gasteiger partial charge in [0.1, 0.15) is 0 Å². The fourth-order valence-electron chi connectivity index (χ4n) is 2.08. The average Bonchev–Trinajstić information content (AvgIpc) is 2.92. The van der Waals surface area contributed by atoms with E-state index in [1.54, 1.807) is 0 Å².